The molecule has 1 aromatic carbocycles. The summed E-state index contributed by atoms with van der Waals surface area (Å²) in [5, 5.41) is 15.5. The zero-order chi connectivity index (χ0) is 26.4. The van der Waals surface area contributed by atoms with E-state index in [-0.39, 0.29) is 23.1 Å². The Morgan fingerprint density at radius 2 is 1.84 bits per heavy atom. The fourth-order valence-electron chi connectivity index (χ4n) is 4.46. The van der Waals surface area contributed by atoms with E-state index >= 15 is 0 Å². The van der Waals surface area contributed by atoms with Crippen LogP contribution in [0.5, 0.6) is 0 Å². The van der Waals surface area contributed by atoms with E-state index < -0.39 is 8.32 Å². The van der Waals surface area contributed by atoms with E-state index in [1.54, 1.807) is 0 Å². The van der Waals surface area contributed by atoms with Crippen LogP contribution in [-0.2, 0) is 11.0 Å². The van der Waals surface area contributed by atoms with Crippen molar-refractivity contribution in [2.45, 2.75) is 70.5 Å². The van der Waals surface area contributed by atoms with E-state index in [2.05, 4.69) is 57.2 Å². The molecule has 8 heteroatoms. The molecule has 1 aliphatic rings. The lowest BCUT2D eigenvalue weighted by atomic mass is 9.76. The first-order chi connectivity index (χ1) is 17.5. The lowest BCUT2D eigenvalue weighted by Gasteiger charge is -2.36. The Balaban J connectivity index is 1.42. The Morgan fingerprint density at radius 1 is 1.08 bits per heavy atom. The van der Waals surface area contributed by atoms with Gasteiger partial charge < -0.3 is 15.3 Å². The van der Waals surface area contributed by atoms with Crippen LogP contribution in [0.1, 0.15) is 51.0 Å². The molecule has 7 nitrogen and oxygen atoms in total. The van der Waals surface area contributed by atoms with Crippen LogP contribution < -0.4 is 5.73 Å². The van der Waals surface area contributed by atoms with E-state index in [4.69, 9.17) is 20.1 Å². The molecule has 0 saturated heterocycles. The van der Waals surface area contributed by atoms with E-state index in [0.29, 0.717) is 6.61 Å². The molecule has 3 aromatic heterocycles. The molecule has 1 atom stereocenters. The van der Waals surface area contributed by atoms with Crippen LogP contribution >= 0.6 is 0 Å². The lowest BCUT2D eigenvalue weighted by Crippen LogP contribution is -2.40. The summed E-state index contributed by atoms with van der Waals surface area (Å²) in [6.07, 6.45) is 3.12. The van der Waals surface area contributed by atoms with E-state index in [9.17, 15) is 5.11 Å². The summed E-state index contributed by atoms with van der Waals surface area (Å²) in [5.74, 6) is 1.04. The predicted octanol–water partition coefficient (Wildman–Crippen LogP) is 5.78. The largest absolute Gasteiger partial charge is 0.411 e. The van der Waals surface area contributed by atoms with Crippen molar-refractivity contribution in [1.82, 2.24) is 19.7 Å². The number of pyridine rings is 2. The second-order valence-corrected chi connectivity index (χ2v) is 16.5. The molecule has 5 rings (SSSR count). The van der Waals surface area contributed by atoms with Crippen molar-refractivity contribution in [3.05, 3.63) is 72.2 Å². The molecule has 0 bridgehead atoms. The van der Waals surface area contributed by atoms with Crippen LogP contribution in [0.2, 0.25) is 18.1 Å². The number of nitrogens with two attached hydrogens (primary N) is 1. The third-order valence-electron chi connectivity index (χ3n) is 8.03. The summed E-state index contributed by atoms with van der Waals surface area (Å²) in [5.41, 5.74) is 11.1. The zero-order valence-electron chi connectivity index (χ0n) is 22.3. The van der Waals surface area contributed by atoms with Gasteiger partial charge in [0.05, 0.1) is 47.5 Å². The Hall–Kier alpha value is -2.91. The second kappa shape index (κ2) is 9.76. The highest BCUT2D eigenvalue weighted by Gasteiger charge is 2.37. The molecule has 37 heavy (non-hydrogen) atoms. The summed E-state index contributed by atoms with van der Waals surface area (Å²) in [4.78, 5) is 9.76. The van der Waals surface area contributed by atoms with E-state index in [1.807, 2.05) is 47.3 Å². The van der Waals surface area contributed by atoms with Crippen LogP contribution in [0, 0.1) is 5.92 Å². The molecule has 1 saturated carbocycles. The van der Waals surface area contributed by atoms with Crippen LogP contribution in [0.15, 0.2) is 60.8 Å². The van der Waals surface area contributed by atoms with Crippen molar-refractivity contribution in [3.63, 3.8) is 0 Å². The molecule has 194 valence electrons. The first kappa shape index (κ1) is 25.7. The van der Waals surface area contributed by atoms with Gasteiger partial charge >= 0.3 is 0 Å². The number of nitrogens with zero attached hydrogens (tertiary/aromatic N) is 4. The molecule has 0 aliphatic heterocycles. The maximum Gasteiger partial charge on any atom is 0.192 e. The maximum absolute atomic E-state index is 9.67. The normalized spacial score (nSPS) is 19.1. The molecule has 1 aliphatic carbocycles. The van der Waals surface area contributed by atoms with Crippen LogP contribution in [-0.4, -0.2) is 39.3 Å². The maximum atomic E-state index is 9.67. The molecule has 0 amide bonds. The monoisotopic (exact) mass is 515 g/mol. The Labute approximate surface area is 219 Å². The number of hydrogen-bond donors (Lipinski definition) is 2. The van der Waals surface area contributed by atoms with Gasteiger partial charge in [-0.15, -0.1) is 0 Å². The first-order valence-electron chi connectivity index (χ1n) is 13.0. The standard InChI is InChI=1S/C29H37N5O2Si/c1-29(2,3)37(4,5)36-18-22-8-6-11-27(32-22)34-26-16-19(12-13-20(26)17-31-34)24-9-7-10-25(33-24)28(30)21-14-23(35)15-21/h6-13,16-17,21,23,28,35H,14-15,18,30H2,1-5H3. The number of rotatable bonds is 7. The van der Waals surface area contributed by atoms with Gasteiger partial charge in [-0.2, -0.15) is 5.10 Å². The number of aliphatic hydroxyl groups excluding tert-OH is 1. The van der Waals surface area contributed by atoms with Crippen molar-refractivity contribution >= 4 is 19.2 Å². The Morgan fingerprint density at radius 3 is 2.57 bits per heavy atom. The summed E-state index contributed by atoms with van der Waals surface area (Å²) >= 11 is 0. The average molecular weight is 516 g/mol. The minimum atomic E-state index is -1.87. The summed E-state index contributed by atoms with van der Waals surface area (Å²) in [6, 6.07) is 18.0. The van der Waals surface area contributed by atoms with Crippen molar-refractivity contribution < 1.29 is 9.53 Å². The molecule has 4 aromatic rings. The average Bonchev–Trinajstić information content (AvgIpc) is 3.28. The van der Waals surface area contributed by atoms with Crippen LogP contribution in [0.3, 0.4) is 0 Å². The molecule has 3 heterocycles. The summed E-state index contributed by atoms with van der Waals surface area (Å²) in [6.45, 7) is 11.7. The molecule has 0 radical (unpaired) electrons. The lowest BCUT2D eigenvalue weighted by molar-refractivity contribution is 0.0302. The van der Waals surface area contributed by atoms with Gasteiger partial charge in [-0.25, -0.2) is 9.67 Å². The first-order valence-corrected chi connectivity index (χ1v) is 15.9. The summed E-state index contributed by atoms with van der Waals surface area (Å²) < 4.78 is 8.27. The minimum Gasteiger partial charge on any atom is -0.411 e. The van der Waals surface area contributed by atoms with Gasteiger partial charge in [-0.3, -0.25) is 4.98 Å². The van der Waals surface area contributed by atoms with Crippen LogP contribution in [0.25, 0.3) is 28.0 Å². The van der Waals surface area contributed by atoms with Gasteiger partial charge in [0.2, 0.25) is 0 Å². The minimum absolute atomic E-state index is 0.146. The number of benzene rings is 1. The summed E-state index contributed by atoms with van der Waals surface area (Å²) in [7, 11) is -1.87. The smallest absolute Gasteiger partial charge is 0.192 e. The fraction of sp³-hybridized carbons (Fsp3) is 0.414. The molecular weight excluding hydrogens is 478 g/mol. The van der Waals surface area contributed by atoms with Gasteiger partial charge in [0.25, 0.3) is 0 Å². The van der Waals surface area contributed by atoms with Crippen LogP contribution in [0.4, 0.5) is 0 Å². The SMILES string of the molecule is CC(C)(C)[Si](C)(C)OCc1cccc(-n2ncc3ccc(-c4cccc(C(N)C5CC(O)C5)n4)cc32)n1. The van der Waals surface area contributed by atoms with Gasteiger partial charge in [0, 0.05) is 10.9 Å². The topological polar surface area (TPSA) is 99.1 Å². The number of aromatic nitrogens is 4. The van der Waals surface area contributed by atoms with Crippen molar-refractivity contribution in [1.29, 1.82) is 0 Å². The highest BCUT2D eigenvalue weighted by atomic mass is 28.4. The van der Waals surface area contributed by atoms with Crippen molar-refractivity contribution in [3.8, 4) is 17.1 Å². The third kappa shape index (κ3) is 5.24. The number of hydrogen-bond acceptors (Lipinski definition) is 6. The highest BCUT2D eigenvalue weighted by molar-refractivity contribution is 6.74. The fourth-order valence-corrected chi connectivity index (χ4v) is 5.40. The number of aliphatic hydroxyl groups is 1. The van der Waals surface area contributed by atoms with Crippen molar-refractivity contribution in [2.24, 2.45) is 11.7 Å². The molecule has 3 N–H and O–H groups in total. The molecule has 0 spiro atoms. The zero-order valence-corrected chi connectivity index (χ0v) is 23.3. The van der Waals surface area contributed by atoms with Gasteiger partial charge in [0.15, 0.2) is 14.1 Å². The van der Waals surface area contributed by atoms with E-state index in [0.717, 1.165) is 52.2 Å². The van der Waals surface area contributed by atoms with Gasteiger partial charge in [-0.05, 0) is 67.2 Å². The highest BCUT2D eigenvalue weighted by Crippen LogP contribution is 2.38. The Bertz CT molecular complexity index is 1400. The molecule has 1 fully saturated rings. The number of fused-ring (bicyclic) bond motifs is 1. The third-order valence-corrected chi connectivity index (χ3v) is 12.5. The Kier molecular flexibility index (Phi) is 6.78. The molecule has 1 unspecified atom stereocenters. The van der Waals surface area contributed by atoms with Crippen molar-refractivity contribution in [2.75, 3.05) is 0 Å². The molecular formula is C29H37N5O2Si. The second-order valence-electron chi connectivity index (χ2n) is 11.7. The van der Waals surface area contributed by atoms with Gasteiger partial charge in [-0.1, -0.05) is 45.0 Å². The quantitative estimate of drug-likeness (QED) is 0.303. The predicted molar refractivity (Wildman–Crippen MR) is 150 cm³/mol. The van der Waals surface area contributed by atoms with E-state index in [1.165, 1.54) is 0 Å². The van der Waals surface area contributed by atoms with Gasteiger partial charge in [0.1, 0.15) is 0 Å².